The van der Waals surface area contributed by atoms with Gasteiger partial charge in [0.15, 0.2) is 6.29 Å². The Morgan fingerprint density at radius 2 is 1.95 bits per heavy atom. The van der Waals surface area contributed by atoms with Crippen LogP contribution >= 0.6 is 23.2 Å². The molecule has 2 aromatic carbocycles. The Bertz CT molecular complexity index is 792. The maximum absolute atomic E-state index is 11.0. The van der Waals surface area contributed by atoms with E-state index in [0.717, 1.165) is 22.8 Å². The molecule has 20 heavy (non-hydrogen) atoms. The molecular formula is C16H11Cl2NO. The van der Waals surface area contributed by atoms with Crippen LogP contribution in [0.5, 0.6) is 0 Å². The van der Waals surface area contributed by atoms with Crippen molar-refractivity contribution in [2.45, 2.75) is 6.54 Å². The fraction of sp³-hybridized carbons (Fsp3) is 0.0625. The van der Waals surface area contributed by atoms with Gasteiger partial charge in [0.2, 0.25) is 0 Å². The summed E-state index contributed by atoms with van der Waals surface area (Å²) >= 11 is 12.1. The molecule has 0 aliphatic rings. The quantitative estimate of drug-likeness (QED) is 0.636. The monoisotopic (exact) mass is 303 g/mol. The third kappa shape index (κ3) is 2.33. The smallest absolute Gasteiger partial charge is 0.150 e. The van der Waals surface area contributed by atoms with Crippen LogP contribution in [-0.4, -0.2) is 10.9 Å². The van der Waals surface area contributed by atoms with E-state index in [1.54, 1.807) is 6.07 Å². The first kappa shape index (κ1) is 13.2. The minimum Gasteiger partial charge on any atom is -0.343 e. The third-order valence-electron chi connectivity index (χ3n) is 3.33. The summed E-state index contributed by atoms with van der Waals surface area (Å²) in [6.45, 7) is 0.641. The van der Waals surface area contributed by atoms with Gasteiger partial charge in [-0.15, -0.1) is 0 Å². The SMILES string of the molecule is O=Cc1cccc2c1ccn2Cc1ccc(Cl)cc1Cl. The van der Waals surface area contributed by atoms with Crippen molar-refractivity contribution in [3.05, 3.63) is 69.8 Å². The highest BCUT2D eigenvalue weighted by molar-refractivity contribution is 6.35. The molecule has 1 heterocycles. The van der Waals surface area contributed by atoms with Crippen molar-refractivity contribution in [1.29, 1.82) is 0 Å². The molecule has 0 aliphatic carbocycles. The average molecular weight is 304 g/mol. The number of aldehydes is 1. The number of halogens is 2. The Balaban J connectivity index is 2.05. The van der Waals surface area contributed by atoms with Gasteiger partial charge in [-0.2, -0.15) is 0 Å². The van der Waals surface area contributed by atoms with Crippen molar-refractivity contribution in [2.24, 2.45) is 0 Å². The number of benzene rings is 2. The summed E-state index contributed by atoms with van der Waals surface area (Å²) < 4.78 is 2.07. The Hall–Kier alpha value is -1.77. The number of rotatable bonds is 3. The number of carbonyl (C=O) groups is 1. The van der Waals surface area contributed by atoms with E-state index in [4.69, 9.17) is 23.2 Å². The van der Waals surface area contributed by atoms with Gasteiger partial charge in [-0.1, -0.05) is 41.4 Å². The maximum Gasteiger partial charge on any atom is 0.150 e. The third-order valence-corrected chi connectivity index (χ3v) is 3.92. The Labute approximate surface area is 126 Å². The molecule has 0 saturated heterocycles. The Morgan fingerprint density at radius 1 is 1.10 bits per heavy atom. The first-order chi connectivity index (χ1) is 9.69. The van der Waals surface area contributed by atoms with Gasteiger partial charge in [-0.3, -0.25) is 4.79 Å². The lowest BCUT2D eigenvalue weighted by Gasteiger charge is -2.08. The number of carbonyl (C=O) groups excluding carboxylic acids is 1. The Kier molecular flexibility index (Phi) is 3.51. The predicted octanol–water partition coefficient (Wildman–Crippen LogP) is 4.81. The summed E-state index contributed by atoms with van der Waals surface area (Å²) in [5.74, 6) is 0. The van der Waals surface area contributed by atoms with E-state index in [0.29, 0.717) is 22.2 Å². The molecule has 0 bridgehead atoms. The Morgan fingerprint density at radius 3 is 2.70 bits per heavy atom. The molecule has 0 spiro atoms. The molecule has 0 saturated carbocycles. The minimum absolute atomic E-state index is 0.624. The van der Waals surface area contributed by atoms with Gasteiger partial charge in [0.1, 0.15) is 0 Å². The summed E-state index contributed by atoms with van der Waals surface area (Å²) in [5, 5.41) is 2.22. The standard InChI is InChI=1S/C16H11Cl2NO/c17-13-5-4-11(15(18)8-13)9-19-7-6-14-12(10-20)2-1-3-16(14)19/h1-8,10H,9H2. The number of fused-ring (bicyclic) bond motifs is 1. The van der Waals surface area contributed by atoms with E-state index in [1.807, 2.05) is 42.6 Å². The van der Waals surface area contributed by atoms with Gasteiger partial charge in [0, 0.05) is 39.3 Å². The van der Waals surface area contributed by atoms with Crippen LogP contribution in [0.3, 0.4) is 0 Å². The fourth-order valence-electron chi connectivity index (χ4n) is 2.32. The van der Waals surface area contributed by atoms with Gasteiger partial charge in [-0.05, 0) is 29.8 Å². The van der Waals surface area contributed by atoms with Crippen LogP contribution in [0, 0.1) is 0 Å². The molecule has 0 N–H and O–H groups in total. The second-order valence-electron chi connectivity index (χ2n) is 4.58. The van der Waals surface area contributed by atoms with Crippen LogP contribution in [0.2, 0.25) is 10.0 Å². The van der Waals surface area contributed by atoms with Crippen LogP contribution in [0.25, 0.3) is 10.9 Å². The second kappa shape index (κ2) is 5.31. The van der Waals surface area contributed by atoms with Crippen LogP contribution in [0.1, 0.15) is 15.9 Å². The first-order valence-corrected chi connectivity index (χ1v) is 6.91. The van der Waals surface area contributed by atoms with Crippen molar-refractivity contribution in [2.75, 3.05) is 0 Å². The first-order valence-electron chi connectivity index (χ1n) is 6.16. The molecule has 3 rings (SSSR count). The molecule has 0 unspecified atom stereocenters. The molecule has 0 aliphatic heterocycles. The highest BCUT2D eigenvalue weighted by atomic mass is 35.5. The highest BCUT2D eigenvalue weighted by Gasteiger charge is 2.07. The molecule has 1 aromatic heterocycles. The van der Waals surface area contributed by atoms with Gasteiger partial charge >= 0.3 is 0 Å². The summed E-state index contributed by atoms with van der Waals surface area (Å²) in [6.07, 6.45) is 2.84. The van der Waals surface area contributed by atoms with E-state index < -0.39 is 0 Å². The van der Waals surface area contributed by atoms with Gasteiger partial charge < -0.3 is 4.57 Å². The second-order valence-corrected chi connectivity index (χ2v) is 5.42. The summed E-state index contributed by atoms with van der Waals surface area (Å²) in [6, 6.07) is 13.1. The zero-order valence-corrected chi connectivity index (χ0v) is 12.0. The number of aromatic nitrogens is 1. The molecule has 100 valence electrons. The van der Waals surface area contributed by atoms with Crippen LogP contribution in [-0.2, 0) is 6.54 Å². The molecule has 0 radical (unpaired) electrons. The highest BCUT2D eigenvalue weighted by Crippen LogP contribution is 2.25. The molecule has 2 nitrogen and oxygen atoms in total. The molecule has 0 amide bonds. The topological polar surface area (TPSA) is 22.0 Å². The van der Waals surface area contributed by atoms with E-state index in [2.05, 4.69) is 4.57 Å². The summed E-state index contributed by atoms with van der Waals surface area (Å²) in [7, 11) is 0. The van der Waals surface area contributed by atoms with Crippen LogP contribution < -0.4 is 0 Å². The predicted molar refractivity (Wildman–Crippen MR) is 82.9 cm³/mol. The van der Waals surface area contributed by atoms with E-state index in [1.165, 1.54) is 0 Å². The van der Waals surface area contributed by atoms with Crippen molar-refractivity contribution in [3.8, 4) is 0 Å². The van der Waals surface area contributed by atoms with Gasteiger partial charge in [-0.25, -0.2) is 0 Å². The largest absolute Gasteiger partial charge is 0.343 e. The maximum atomic E-state index is 11.0. The molecule has 3 aromatic rings. The van der Waals surface area contributed by atoms with Crippen molar-refractivity contribution < 1.29 is 4.79 Å². The van der Waals surface area contributed by atoms with Crippen molar-refractivity contribution in [3.63, 3.8) is 0 Å². The van der Waals surface area contributed by atoms with Crippen LogP contribution in [0.15, 0.2) is 48.7 Å². The number of nitrogens with zero attached hydrogens (tertiary/aromatic N) is 1. The number of hydrogen-bond acceptors (Lipinski definition) is 1. The zero-order chi connectivity index (χ0) is 14.1. The van der Waals surface area contributed by atoms with Crippen molar-refractivity contribution >= 4 is 40.4 Å². The molecule has 4 heteroatoms. The molecule has 0 fully saturated rings. The van der Waals surface area contributed by atoms with Gasteiger partial charge in [0.25, 0.3) is 0 Å². The van der Waals surface area contributed by atoms with E-state index in [-0.39, 0.29) is 0 Å². The zero-order valence-electron chi connectivity index (χ0n) is 10.5. The summed E-state index contributed by atoms with van der Waals surface area (Å²) in [5.41, 5.74) is 2.70. The average Bonchev–Trinajstić information content (AvgIpc) is 2.85. The van der Waals surface area contributed by atoms with Crippen LogP contribution in [0.4, 0.5) is 0 Å². The lowest BCUT2D eigenvalue weighted by atomic mass is 10.1. The fourth-order valence-corrected chi connectivity index (χ4v) is 2.79. The lowest BCUT2D eigenvalue weighted by molar-refractivity contribution is 0.112. The van der Waals surface area contributed by atoms with E-state index in [9.17, 15) is 4.79 Å². The lowest BCUT2D eigenvalue weighted by Crippen LogP contribution is -1.98. The normalized spacial score (nSPS) is 10.9. The minimum atomic E-state index is 0.624. The van der Waals surface area contributed by atoms with E-state index >= 15 is 0 Å². The number of hydrogen-bond donors (Lipinski definition) is 0. The van der Waals surface area contributed by atoms with Gasteiger partial charge in [0.05, 0.1) is 0 Å². The molecule has 0 atom stereocenters. The summed E-state index contributed by atoms with van der Waals surface area (Å²) in [4.78, 5) is 11.0. The molecular weight excluding hydrogens is 293 g/mol. The van der Waals surface area contributed by atoms with Crippen molar-refractivity contribution in [1.82, 2.24) is 4.57 Å².